The Balaban J connectivity index is 2.45. The largest absolute Gasteiger partial charge is 0.492 e. The van der Waals surface area contributed by atoms with Crippen LogP contribution in [0.2, 0.25) is 0 Å². The van der Waals surface area contributed by atoms with E-state index in [1.54, 1.807) is 25.1 Å². The lowest BCUT2D eigenvalue weighted by Crippen LogP contribution is -2.49. The van der Waals surface area contributed by atoms with Crippen molar-refractivity contribution in [3.05, 3.63) is 28.2 Å². The minimum atomic E-state index is -0.401. The zero-order valence-corrected chi connectivity index (χ0v) is 18.0. The van der Waals surface area contributed by atoms with Gasteiger partial charge in [0.25, 0.3) is 11.8 Å². The number of thiocarbonyl (C=S) groups is 1. The summed E-state index contributed by atoms with van der Waals surface area (Å²) in [5.74, 6) is -0.106. The fourth-order valence-electron chi connectivity index (χ4n) is 2.03. The highest BCUT2D eigenvalue weighted by Crippen LogP contribution is 2.26. The van der Waals surface area contributed by atoms with E-state index in [2.05, 4.69) is 39.0 Å². The number of ether oxygens (including phenoxy) is 2. The van der Waals surface area contributed by atoms with Crippen LogP contribution >= 0.6 is 28.1 Å². The summed E-state index contributed by atoms with van der Waals surface area (Å²) in [6.07, 6.45) is 4.52. The molecule has 0 aromatic heterocycles. The quantitative estimate of drug-likeness (QED) is 0.283. The van der Waals surface area contributed by atoms with Crippen LogP contribution in [0.3, 0.4) is 0 Å². The van der Waals surface area contributed by atoms with Crippen LogP contribution in [0, 0.1) is 0 Å². The zero-order valence-electron chi connectivity index (χ0n) is 15.6. The minimum Gasteiger partial charge on any atom is -0.492 e. The molecule has 0 heterocycles. The molecule has 9 heteroatoms. The normalized spacial score (nSPS) is 10.2. The van der Waals surface area contributed by atoms with E-state index in [4.69, 9.17) is 21.7 Å². The molecule has 0 saturated carbocycles. The first kappa shape index (κ1) is 23.3. The number of hydrazine groups is 1. The third-order valence-corrected chi connectivity index (χ3v) is 4.25. The molecular formula is C18H26BrN3O4S. The van der Waals surface area contributed by atoms with E-state index in [0.29, 0.717) is 29.0 Å². The summed E-state index contributed by atoms with van der Waals surface area (Å²) in [4.78, 5) is 23.6. The Hall–Kier alpha value is -1.71. The van der Waals surface area contributed by atoms with Crippen molar-refractivity contribution in [3.63, 3.8) is 0 Å². The van der Waals surface area contributed by atoms with E-state index in [1.165, 1.54) is 12.8 Å². The third kappa shape index (κ3) is 9.69. The molecule has 0 fully saturated rings. The number of amides is 2. The van der Waals surface area contributed by atoms with Gasteiger partial charge in [-0.05, 0) is 59.7 Å². The molecule has 0 aliphatic heterocycles. The van der Waals surface area contributed by atoms with Crippen LogP contribution in [0.5, 0.6) is 5.75 Å². The van der Waals surface area contributed by atoms with E-state index in [0.717, 1.165) is 12.8 Å². The van der Waals surface area contributed by atoms with Gasteiger partial charge in [0.15, 0.2) is 5.11 Å². The lowest BCUT2D eigenvalue weighted by Gasteiger charge is -2.12. The molecule has 0 aliphatic rings. The van der Waals surface area contributed by atoms with Gasteiger partial charge in [0.2, 0.25) is 0 Å². The van der Waals surface area contributed by atoms with E-state index in [9.17, 15) is 9.59 Å². The van der Waals surface area contributed by atoms with Crippen LogP contribution in [0.1, 0.15) is 49.9 Å². The van der Waals surface area contributed by atoms with Crippen LogP contribution in [0.4, 0.5) is 0 Å². The summed E-state index contributed by atoms with van der Waals surface area (Å²) in [6.45, 7) is 4.93. The van der Waals surface area contributed by atoms with Crippen LogP contribution in [0.15, 0.2) is 22.7 Å². The molecule has 0 aliphatic carbocycles. The fourth-order valence-corrected chi connectivity index (χ4v) is 2.67. The Labute approximate surface area is 173 Å². The monoisotopic (exact) mass is 459 g/mol. The number of halogens is 1. The van der Waals surface area contributed by atoms with Gasteiger partial charge in [-0.2, -0.15) is 0 Å². The van der Waals surface area contributed by atoms with Gasteiger partial charge in [-0.25, -0.2) is 0 Å². The zero-order chi connectivity index (χ0) is 20.1. The van der Waals surface area contributed by atoms with Gasteiger partial charge in [-0.3, -0.25) is 25.8 Å². The molecule has 0 unspecified atom stereocenters. The van der Waals surface area contributed by atoms with Crippen LogP contribution in [0.25, 0.3) is 0 Å². The number of hydrogen-bond acceptors (Lipinski definition) is 5. The maximum absolute atomic E-state index is 12.2. The molecule has 27 heavy (non-hydrogen) atoms. The lowest BCUT2D eigenvalue weighted by atomic mass is 10.2. The second-order valence-electron chi connectivity index (χ2n) is 5.65. The predicted molar refractivity (Wildman–Crippen MR) is 112 cm³/mol. The van der Waals surface area contributed by atoms with E-state index in [-0.39, 0.29) is 11.7 Å². The van der Waals surface area contributed by atoms with E-state index >= 15 is 0 Å². The Morgan fingerprint density at radius 1 is 1.15 bits per heavy atom. The smallest absolute Gasteiger partial charge is 0.264 e. The number of carbonyl (C=O) groups is 2. The van der Waals surface area contributed by atoms with Crippen molar-refractivity contribution in [2.45, 2.75) is 39.5 Å². The van der Waals surface area contributed by atoms with Gasteiger partial charge in [-0.15, -0.1) is 0 Å². The molecule has 0 bridgehead atoms. The summed E-state index contributed by atoms with van der Waals surface area (Å²) in [6, 6.07) is 5.05. The first-order valence-electron chi connectivity index (χ1n) is 8.88. The molecule has 1 rings (SSSR count). The summed E-state index contributed by atoms with van der Waals surface area (Å²) < 4.78 is 11.4. The number of unbranched alkanes of at least 4 members (excludes halogenated alkanes) is 3. The van der Waals surface area contributed by atoms with Crippen molar-refractivity contribution >= 4 is 45.1 Å². The number of nitrogens with one attached hydrogen (secondary N) is 3. The van der Waals surface area contributed by atoms with Crippen molar-refractivity contribution in [1.29, 1.82) is 0 Å². The summed E-state index contributed by atoms with van der Waals surface area (Å²) in [5, 5.41) is 2.47. The second-order valence-corrected chi connectivity index (χ2v) is 6.91. The van der Waals surface area contributed by atoms with Gasteiger partial charge in [-0.1, -0.05) is 26.2 Å². The molecule has 3 N–H and O–H groups in total. The van der Waals surface area contributed by atoms with Crippen molar-refractivity contribution in [2.24, 2.45) is 0 Å². The Bertz CT molecular complexity index is 643. The van der Waals surface area contributed by atoms with Crippen LogP contribution in [-0.2, 0) is 9.53 Å². The first-order chi connectivity index (χ1) is 13.0. The lowest BCUT2D eigenvalue weighted by molar-refractivity contribution is -0.126. The van der Waals surface area contributed by atoms with Crippen molar-refractivity contribution < 1.29 is 19.1 Å². The highest BCUT2D eigenvalue weighted by molar-refractivity contribution is 9.10. The highest BCUT2D eigenvalue weighted by Gasteiger charge is 2.11. The fraction of sp³-hybridized carbons (Fsp3) is 0.500. The van der Waals surface area contributed by atoms with Gasteiger partial charge in [0, 0.05) is 12.2 Å². The molecule has 1 aromatic rings. The topological polar surface area (TPSA) is 88.7 Å². The molecule has 0 radical (unpaired) electrons. The SMILES string of the molecule is CCCCCCOc1ccc(C(=O)NC(=S)NNC(=O)COCC)cc1Br. The average molecular weight is 460 g/mol. The van der Waals surface area contributed by atoms with Crippen LogP contribution < -0.4 is 20.9 Å². The molecule has 7 nitrogen and oxygen atoms in total. The third-order valence-electron chi connectivity index (χ3n) is 3.43. The van der Waals surface area contributed by atoms with Crippen molar-refractivity contribution in [2.75, 3.05) is 19.8 Å². The Kier molecular flexibility index (Phi) is 11.6. The van der Waals surface area contributed by atoms with Crippen molar-refractivity contribution in [1.82, 2.24) is 16.2 Å². The summed E-state index contributed by atoms with van der Waals surface area (Å²) in [5.41, 5.74) is 5.19. The number of rotatable bonds is 10. The Morgan fingerprint density at radius 2 is 1.93 bits per heavy atom. The number of benzene rings is 1. The van der Waals surface area contributed by atoms with Gasteiger partial charge in [0.1, 0.15) is 12.4 Å². The maximum atomic E-state index is 12.2. The average Bonchev–Trinajstić information content (AvgIpc) is 2.65. The highest BCUT2D eigenvalue weighted by atomic mass is 79.9. The van der Waals surface area contributed by atoms with Gasteiger partial charge >= 0.3 is 0 Å². The molecule has 150 valence electrons. The Morgan fingerprint density at radius 3 is 2.59 bits per heavy atom. The van der Waals surface area contributed by atoms with Gasteiger partial charge < -0.3 is 9.47 Å². The predicted octanol–water partition coefficient (Wildman–Crippen LogP) is 3.08. The molecule has 0 atom stereocenters. The van der Waals surface area contributed by atoms with Gasteiger partial charge in [0.05, 0.1) is 11.1 Å². The first-order valence-corrected chi connectivity index (χ1v) is 10.1. The number of hydrogen-bond donors (Lipinski definition) is 3. The molecular weight excluding hydrogens is 434 g/mol. The number of carbonyl (C=O) groups excluding carboxylic acids is 2. The summed E-state index contributed by atoms with van der Waals surface area (Å²) >= 11 is 8.39. The summed E-state index contributed by atoms with van der Waals surface area (Å²) in [7, 11) is 0. The second kappa shape index (κ2) is 13.5. The van der Waals surface area contributed by atoms with E-state index < -0.39 is 11.8 Å². The maximum Gasteiger partial charge on any atom is 0.264 e. The molecule has 2 amide bonds. The van der Waals surface area contributed by atoms with Crippen LogP contribution in [-0.4, -0.2) is 36.7 Å². The molecule has 0 saturated heterocycles. The van der Waals surface area contributed by atoms with E-state index in [1.807, 2.05) is 0 Å². The minimum absolute atomic E-state index is 0.0165. The molecule has 0 spiro atoms. The van der Waals surface area contributed by atoms with Crippen molar-refractivity contribution in [3.8, 4) is 5.75 Å². The molecule has 1 aromatic carbocycles. The standard InChI is InChI=1S/C18H26BrN3O4S/c1-3-5-6-7-10-26-15-9-8-13(11-14(15)19)17(24)20-18(27)22-21-16(23)12-25-4-2/h8-9,11H,3-7,10,12H2,1-2H3,(H,21,23)(H2,20,22,24,27).